The fraction of sp³-hybridized carbons (Fsp3) is 0.130. The van der Waals surface area contributed by atoms with E-state index in [0.29, 0.717) is 17.9 Å². The number of carboxylic acids is 1. The van der Waals surface area contributed by atoms with E-state index in [9.17, 15) is 9.90 Å². The highest BCUT2D eigenvalue weighted by Crippen LogP contribution is 2.29. The maximum Gasteiger partial charge on any atom is 0.309 e. The van der Waals surface area contributed by atoms with Gasteiger partial charge >= 0.3 is 5.97 Å². The molecular weight excluding hydrogens is 352 g/mol. The summed E-state index contributed by atoms with van der Waals surface area (Å²) in [7, 11) is 0. The van der Waals surface area contributed by atoms with Crippen LogP contribution < -0.4 is 4.90 Å². The summed E-state index contributed by atoms with van der Waals surface area (Å²) in [6, 6.07) is 24.6. The smallest absolute Gasteiger partial charge is 0.309 e. The Labute approximate surface area is 162 Å². The largest absolute Gasteiger partial charge is 0.481 e. The average molecular weight is 372 g/mol. The number of benzene rings is 3. The molecule has 0 amide bonds. The Kier molecular flexibility index (Phi) is 5.06. The highest BCUT2D eigenvalue weighted by molar-refractivity contribution is 5.83. The van der Waals surface area contributed by atoms with Crippen LogP contribution in [0.2, 0.25) is 0 Å². The van der Waals surface area contributed by atoms with Crippen molar-refractivity contribution >= 4 is 28.1 Å². The summed E-state index contributed by atoms with van der Waals surface area (Å²) in [6.07, 6.45) is 2.15. The Morgan fingerprint density at radius 1 is 0.964 bits per heavy atom. The standard InChI is InChI=1S/C23H20N2O3/c26-23(27)15-21-22(16-28-24-21)25(20-8-2-1-3-9-20)13-12-17-10-11-18-6-4-5-7-19(18)14-17/h1-11,14,16H,12-13,15H2,(H,26,27). The van der Waals surface area contributed by atoms with Gasteiger partial charge in [-0.05, 0) is 34.9 Å². The second-order valence-corrected chi connectivity index (χ2v) is 6.64. The molecule has 1 heterocycles. The number of aromatic nitrogens is 1. The molecule has 0 saturated heterocycles. The minimum atomic E-state index is -0.933. The minimum Gasteiger partial charge on any atom is -0.481 e. The van der Waals surface area contributed by atoms with Crippen LogP contribution in [-0.4, -0.2) is 22.8 Å². The molecule has 1 N–H and O–H groups in total. The molecule has 0 atom stereocenters. The second kappa shape index (κ2) is 7.96. The minimum absolute atomic E-state index is 0.175. The lowest BCUT2D eigenvalue weighted by molar-refractivity contribution is -0.136. The van der Waals surface area contributed by atoms with E-state index in [2.05, 4.69) is 40.4 Å². The van der Waals surface area contributed by atoms with Crippen LogP contribution >= 0.6 is 0 Å². The first-order valence-electron chi connectivity index (χ1n) is 9.16. The first-order valence-corrected chi connectivity index (χ1v) is 9.16. The number of fused-ring (bicyclic) bond motifs is 1. The van der Waals surface area contributed by atoms with Gasteiger partial charge in [-0.25, -0.2) is 0 Å². The zero-order chi connectivity index (χ0) is 19.3. The third kappa shape index (κ3) is 3.88. The van der Waals surface area contributed by atoms with E-state index in [1.54, 1.807) is 0 Å². The lowest BCUT2D eigenvalue weighted by Crippen LogP contribution is -2.21. The number of hydrogen-bond donors (Lipinski definition) is 1. The van der Waals surface area contributed by atoms with Gasteiger partial charge in [-0.3, -0.25) is 4.79 Å². The summed E-state index contributed by atoms with van der Waals surface area (Å²) in [5.41, 5.74) is 3.30. The van der Waals surface area contributed by atoms with Gasteiger partial charge in [0.2, 0.25) is 0 Å². The van der Waals surface area contributed by atoms with Crippen molar-refractivity contribution in [1.29, 1.82) is 0 Å². The van der Waals surface area contributed by atoms with Crippen molar-refractivity contribution < 1.29 is 14.4 Å². The van der Waals surface area contributed by atoms with E-state index < -0.39 is 5.97 Å². The maximum atomic E-state index is 11.2. The van der Waals surface area contributed by atoms with Crippen molar-refractivity contribution in [3.8, 4) is 0 Å². The molecule has 0 radical (unpaired) electrons. The first kappa shape index (κ1) is 17.8. The first-order chi connectivity index (χ1) is 13.7. The molecule has 0 aliphatic carbocycles. The molecule has 0 saturated carbocycles. The molecule has 0 spiro atoms. The molecule has 0 unspecified atom stereocenters. The molecule has 140 valence electrons. The van der Waals surface area contributed by atoms with Gasteiger partial charge in [0.15, 0.2) is 0 Å². The van der Waals surface area contributed by atoms with Gasteiger partial charge < -0.3 is 14.5 Å². The van der Waals surface area contributed by atoms with Crippen molar-refractivity contribution in [2.24, 2.45) is 0 Å². The van der Waals surface area contributed by atoms with E-state index in [1.807, 2.05) is 42.5 Å². The molecule has 1 aromatic heterocycles. The highest BCUT2D eigenvalue weighted by Gasteiger charge is 2.19. The number of rotatable bonds is 7. The number of aliphatic carboxylic acids is 1. The third-order valence-electron chi connectivity index (χ3n) is 4.74. The van der Waals surface area contributed by atoms with Crippen LogP contribution in [0.15, 0.2) is 83.6 Å². The molecule has 5 nitrogen and oxygen atoms in total. The van der Waals surface area contributed by atoms with Crippen molar-refractivity contribution in [3.63, 3.8) is 0 Å². The lowest BCUT2D eigenvalue weighted by atomic mass is 10.0. The molecule has 5 heteroatoms. The van der Waals surface area contributed by atoms with Crippen molar-refractivity contribution in [2.75, 3.05) is 11.4 Å². The van der Waals surface area contributed by atoms with Gasteiger partial charge in [0.05, 0.1) is 6.42 Å². The van der Waals surface area contributed by atoms with Gasteiger partial charge in [-0.1, -0.05) is 65.8 Å². The number of nitrogens with zero attached hydrogens (tertiary/aromatic N) is 2. The van der Waals surface area contributed by atoms with Crippen molar-refractivity contribution in [2.45, 2.75) is 12.8 Å². The molecule has 3 aromatic carbocycles. The molecule has 4 rings (SSSR count). The summed E-state index contributed by atoms with van der Waals surface area (Å²) in [6.45, 7) is 0.677. The zero-order valence-electron chi connectivity index (χ0n) is 15.3. The lowest BCUT2D eigenvalue weighted by Gasteiger charge is -2.24. The molecule has 0 aliphatic heterocycles. The summed E-state index contributed by atoms with van der Waals surface area (Å²) in [5, 5.41) is 15.5. The average Bonchev–Trinajstić information content (AvgIpc) is 3.16. The molecule has 0 bridgehead atoms. The summed E-state index contributed by atoms with van der Waals surface area (Å²) < 4.78 is 5.10. The van der Waals surface area contributed by atoms with E-state index in [-0.39, 0.29) is 6.42 Å². The summed E-state index contributed by atoms with van der Waals surface area (Å²) in [5.74, 6) is -0.933. The van der Waals surface area contributed by atoms with Gasteiger partial charge in [-0.2, -0.15) is 0 Å². The number of anilines is 2. The fourth-order valence-corrected chi connectivity index (χ4v) is 3.37. The maximum absolute atomic E-state index is 11.2. The van der Waals surface area contributed by atoms with E-state index >= 15 is 0 Å². The molecule has 0 aliphatic rings. The summed E-state index contributed by atoms with van der Waals surface area (Å²) >= 11 is 0. The second-order valence-electron chi connectivity index (χ2n) is 6.64. The predicted octanol–water partition coefficient (Wildman–Crippen LogP) is 4.84. The zero-order valence-corrected chi connectivity index (χ0v) is 15.3. The Balaban J connectivity index is 1.62. The van der Waals surface area contributed by atoms with Gasteiger partial charge in [-0.15, -0.1) is 0 Å². The molecule has 0 fully saturated rings. The van der Waals surface area contributed by atoms with Crippen molar-refractivity contribution in [3.05, 3.63) is 90.3 Å². The SMILES string of the molecule is O=C(O)Cc1nocc1N(CCc1ccc2ccccc2c1)c1ccccc1. The number of hydrogen-bond acceptors (Lipinski definition) is 4. The fourth-order valence-electron chi connectivity index (χ4n) is 3.37. The van der Waals surface area contributed by atoms with Gasteiger partial charge in [0, 0.05) is 12.2 Å². The van der Waals surface area contributed by atoms with E-state index in [4.69, 9.17) is 4.52 Å². The Morgan fingerprint density at radius 2 is 1.71 bits per heavy atom. The predicted molar refractivity (Wildman–Crippen MR) is 109 cm³/mol. The quantitative estimate of drug-likeness (QED) is 0.503. The third-order valence-corrected chi connectivity index (χ3v) is 4.74. The van der Waals surface area contributed by atoms with Crippen LogP contribution in [0, 0.1) is 0 Å². The topological polar surface area (TPSA) is 66.6 Å². The van der Waals surface area contributed by atoms with Crippen LogP contribution in [0.4, 0.5) is 11.4 Å². The highest BCUT2D eigenvalue weighted by atomic mass is 16.5. The number of para-hydroxylation sites is 1. The van der Waals surface area contributed by atoms with Gasteiger partial charge in [0.1, 0.15) is 17.6 Å². The Hall–Kier alpha value is -3.60. The van der Waals surface area contributed by atoms with E-state index in [0.717, 1.165) is 12.1 Å². The Bertz CT molecular complexity index is 1090. The van der Waals surface area contributed by atoms with Crippen LogP contribution in [0.1, 0.15) is 11.3 Å². The van der Waals surface area contributed by atoms with Gasteiger partial charge in [0.25, 0.3) is 0 Å². The number of carboxylic acid groups (broad SMARTS) is 1. The van der Waals surface area contributed by atoms with Crippen molar-refractivity contribution in [1.82, 2.24) is 5.16 Å². The van der Waals surface area contributed by atoms with Crippen LogP contribution in [0.3, 0.4) is 0 Å². The van der Waals surface area contributed by atoms with Crippen LogP contribution in [0.25, 0.3) is 10.8 Å². The van der Waals surface area contributed by atoms with Crippen LogP contribution in [0.5, 0.6) is 0 Å². The van der Waals surface area contributed by atoms with E-state index in [1.165, 1.54) is 22.6 Å². The molecular formula is C23H20N2O3. The monoisotopic (exact) mass is 372 g/mol. The number of carbonyl (C=O) groups is 1. The molecule has 4 aromatic rings. The normalized spacial score (nSPS) is 10.9. The van der Waals surface area contributed by atoms with Crippen LogP contribution in [-0.2, 0) is 17.6 Å². The Morgan fingerprint density at radius 3 is 2.50 bits per heavy atom. The molecule has 28 heavy (non-hydrogen) atoms. The summed E-state index contributed by atoms with van der Waals surface area (Å²) in [4.78, 5) is 13.2.